The number of nitrogens with one attached hydrogen (secondary N) is 1. The smallest absolute Gasteiger partial charge is 0.220 e. The van der Waals surface area contributed by atoms with Crippen LogP contribution in [0.25, 0.3) is 0 Å². The summed E-state index contributed by atoms with van der Waals surface area (Å²) in [4.78, 5) is 10.5. The molecule has 1 amide bonds. The topological polar surface area (TPSA) is 29.1 Å². The highest BCUT2D eigenvalue weighted by Gasteiger charge is 2.18. The summed E-state index contributed by atoms with van der Waals surface area (Å²) < 4.78 is 1.05. The minimum absolute atomic E-state index is 0.215. The summed E-state index contributed by atoms with van der Waals surface area (Å²) in [6.07, 6.45) is 1.76. The Hall–Kier alpha value is 0.200. The van der Waals surface area contributed by atoms with Crippen molar-refractivity contribution in [3.05, 3.63) is 0 Å². The molecule has 0 unspecified atom stereocenters. The molecule has 0 saturated carbocycles. The van der Waals surface area contributed by atoms with Gasteiger partial charge in [0.15, 0.2) is 0 Å². The van der Waals surface area contributed by atoms with E-state index in [2.05, 4.69) is 27.9 Å². The van der Waals surface area contributed by atoms with Gasteiger partial charge >= 0.3 is 0 Å². The maximum atomic E-state index is 10.5. The Bertz CT molecular complexity index is 105. The number of hydrogen-bond donors (Lipinski definition) is 1. The van der Waals surface area contributed by atoms with E-state index in [1.165, 1.54) is 0 Å². The molecule has 1 aliphatic rings. The highest BCUT2D eigenvalue weighted by atomic mass is 127. The van der Waals surface area contributed by atoms with Crippen LogP contribution in [0.1, 0.15) is 12.8 Å². The Morgan fingerprint density at radius 1 is 1.88 bits per heavy atom. The molecule has 2 nitrogen and oxygen atoms in total. The summed E-state index contributed by atoms with van der Waals surface area (Å²) in [6, 6.07) is 0.461. The quantitative estimate of drug-likeness (QED) is 0.516. The lowest BCUT2D eigenvalue weighted by Gasteiger charge is -2.01. The molecule has 46 valence electrons. The number of alkyl halides is 1. The first-order chi connectivity index (χ1) is 3.83. The van der Waals surface area contributed by atoms with Gasteiger partial charge in [0.25, 0.3) is 0 Å². The van der Waals surface area contributed by atoms with E-state index in [-0.39, 0.29) is 5.91 Å². The van der Waals surface area contributed by atoms with E-state index in [1.54, 1.807) is 0 Å². The van der Waals surface area contributed by atoms with Gasteiger partial charge in [0.2, 0.25) is 5.91 Å². The Morgan fingerprint density at radius 2 is 2.62 bits per heavy atom. The van der Waals surface area contributed by atoms with Gasteiger partial charge in [-0.25, -0.2) is 0 Å². The predicted molar refractivity (Wildman–Crippen MR) is 40.1 cm³/mol. The average molecular weight is 225 g/mol. The van der Waals surface area contributed by atoms with E-state index < -0.39 is 0 Å². The third-order valence-corrected chi connectivity index (χ3v) is 2.33. The number of hydrogen-bond acceptors (Lipinski definition) is 1. The molecule has 0 radical (unpaired) electrons. The van der Waals surface area contributed by atoms with Crippen molar-refractivity contribution in [1.29, 1.82) is 0 Å². The van der Waals surface area contributed by atoms with E-state index >= 15 is 0 Å². The molecule has 0 aliphatic carbocycles. The monoisotopic (exact) mass is 225 g/mol. The molecule has 3 heteroatoms. The first-order valence-electron chi connectivity index (χ1n) is 2.68. The fourth-order valence-corrected chi connectivity index (χ4v) is 1.45. The Balaban J connectivity index is 2.32. The van der Waals surface area contributed by atoms with Gasteiger partial charge in [-0.2, -0.15) is 0 Å². The zero-order chi connectivity index (χ0) is 5.98. The molecule has 1 heterocycles. The lowest BCUT2D eigenvalue weighted by atomic mass is 10.3. The highest BCUT2D eigenvalue weighted by molar-refractivity contribution is 14.1. The minimum atomic E-state index is 0.215. The largest absolute Gasteiger partial charge is 0.353 e. The second-order valence-corrected chi connectivity index (χ2v) is 2.84. The van der Waals surface area contributed by atoms with Gasteiger partial charge in [-0.15, -0.1) is 0 Å². The van der Waals surface area contributed by atoms with E-state index in [4.69, 9.17) is 0 Å². The van der Waals surface area contributed by atoms with Crippen LogP contribution < -0.4 is 5.32 Å². The molecule has 0 aromatic rings. The average Bonchev–Trinajstić information content (AvgIpc) is 2.14. The van der Waals surface area contributed by atoms with Crippen LogP contribution in [-0.4, -0.2) is 16.4 Å². The highest BCUT2D eigenvalue weighted by Crippen LogP contribution is 2.07. The van der Waals surface area contributed by atoms with E-state index in [0.29, 0.717) is 6.04 Å². The van der Waals surface area contributed by atoms with E-state index in [9.17, 15) is 4.79 Å². The first-order valence-corrected chi connectivity index (χ1v) is 4.21. The molecule has 0 bridgehead atoms. The molecule has 0 aromatic carbocycles. The van der Waals surface area contributed by atoms with Gasteiger partial charge in [0.1, 0.15) is 0 Å². The van der Waals surface area contributed by atoms with Crippen LogP contribution in [0.3, 0.4) is 0 Å². The molecular formula is C5H8INO. The number of rotatable bonds is 1. The molecule has 8 heavy (non-hydrogen) atoms. The van der Waals surface area contributed by atoms with Gasteiger partial charge in [0, 0.05) is 16.9 Å². The van der Waals surface area contributed by atoms with E-state index in [0.717, 1.165) is 17.3 Å². The maximum absolute atomic E-state index is 10.5. The van der Waals surface area contributed by atoms with Crippen molar-refractivity contribution < 1.29 is 4.79 Å². The lowest BCUT2D eigenvalue weighted by Crippen LogP contribution is -2.26. The summed E-state index contributed by atoms with van der Waals surface area (Å²) in [7, 11) is 0. The molecule has 1 fully saturated rings. The molecule has 1 atom stereocenters. The van der Waals surface area contributed by atoms with Crippen LogP contribution in [0.2, 0.25) is 0 Å². The Labute approximate surface area is 62.2 Å². The fraction of sp³-hybridized carbons (Fsp3) is 0.800. The van der Waals surface area contributed by atoms with Crippen LogP contribution in [0.5, 0.6) is 0 Å². The van der Waals surface area contributed by atoms with E-state index in [1.807, 2.05) is 0 Å². The van der Waals surface area contributed by atoms with Crippen molar-refractivity contribution in [3.8, 4) is 0 Å². The van der Waals surface area contributed by atoms with Gasteiger partial charge in [-0.05, 0) is 6.42 Å². The summed E-state index contributed by atoms with van der Waals surface area (Å²) >= 11 is 2.28. The molecule has 1 N–H and O–H groups in total. The normalized spacial score (nSPS) is 28.1. The fourth-order valence-electron chi connectivity index (χ4n) is 0.793. The molecule has 0 aromatic heterocycles. The standard InChI is InChI=1S/C5H8INO/c6-3-4-1-2-5(8)7-4/h4H,1-3H2,(H,7,8)/t4-/m1/s1. The van der Waals surface area contributed by atoms with Crippen molar-refractivity contribution >= 4 is 28.5 Å². The van der Waals surface area contributed by atoms with Gasteiger partial charge in [-0.3, -0.25) is 4.79 Å². The van der Waals surface area contributed by atoms with Gasteiger partial charge in [0.05, 0.1) is 0 Å². The summed E-state index contributed by atoms with van der Waals surface area (Å²) in [5.41, 5.74) is 0. The van der Waals surface area contributed by atoms with Crippen LogP contribution >= 0.6 is 22.6 Å². The summed E-state index contributed by atoms with van der Waals surface area (Å²) in [5.74, 6) is 0.215. The first kappa shape index (κ1) is 6.32. The number of amides is 1. The third-order valence-electron chi connectivity index (χ3n) is 1.27. The molecular weight excluding hydrogens is 217 g/mol. The number of carbonyl (C=O) groups is 1. The molecule has 1 rings (SSSR count). The van der Waals surface area contributed by atoms with Crippen molar-refractivity contribution in [2.24, 2.45) is 0 Å². The minimum Gasteiger partial charge on any atom is -0.353 e. The van der Waals surface area contributed by atoms with Crippen molar-refractivity contribution in [2.45, 2.75) is 18.9 Å². The molecule has 0 spiro atoms. The Morgan fingerprint density at radius 3 is 2.88 bits per heavy atom. The maximum Gasteiger partial charge on any atom is 0.220 e. The van der Waals surface area contributed by atoms with Crippen molar-refractivity contribution in [3.63, 3.8) is 0 Å². The Kier molecular flexibility index (Phi) is 2.10. The van der Waals surface area contributed by atoms with Crippen molar-refractivity contribution in [1.82, 2.24) is 5.32 Å². The second-order valence-electron chi connectivity index (χ2n) is 1.96. The zero-order valence-electron chi connectivity index (χ0n) is 4.48. The van der Waals surface area contributed by atoms with Crippen LogP contribution in [0.15, 0.2) is 0 Å². The third kappa shape index (κ3) is 1.34. The van der Waals surface area contributed by atoms with Crippen LogP contribution in [0, 0.1) is 0 Å². The molecule has 1 aliphatic heterocycles. The molecule has 1 saturated heterocycles. The predicted octanol–water partition coefficient (Wildman–Crippen LogP) is 0.700. The number of carbonyl (C=O) groups excluding carboxylic acids is 1. The lowest BCUT2D eigenvalue weighted by molar-refractivity contribution is -0.119. The van der Waals surface area contributed by atoms with Crippen LogP contribution in [0.4, 0.5) is 0 Å². The van der Waals surface area contributed by atoms with Crippen molar-refractivity contribution in [2.75, 3.05) is 4.43 Å². The van der Waals surface area contributed by atoms with Crippen LogP contribution in [-0.2, 0) is 4.79 Å². The van der Waals surface area contributed by atoms with Gasteiger partial charge in [-0.1, -0.05) is 22.6 Å². The summed E-state index contributed by atoms with van der Waals surface area (Å²) in [5, 5.41) is 2.86. The number of halogens is 1. The SMILES string of the molecule is O=C1CC[C@H](CI)N1. The zero-order valence-corrected chi connectivity index (χ0v) is 6.64. The van der Waals surface area contributed by atoms with Gasteiger partial charge < -0.3 is 5.32 Å². The summed E-state index contributed by atoms with van der Waals surface area (Å²) in [6.45, 7) is 0. The second kappa shape index (κ2) is 2.66.